The quantitative estimate of drug-likeness (QED) is 0.642. The van der Waals surface area contributed by atoms with E-state index < -0.39 is 17.6 Å². The van der Waals surface area contributed by atoms with Crippen LogP contribution in [0.4, 0.5) is 24.5 Å². The summed E-state index contributed by atoms with van der Waals surface area (Å²) in [7, 11) is 3.56. The fraction of sp³-hybridized carbons (Fsp3) is 0.348. The van der Waals surface area contributed by atoms with E-state index in [0.29, 0.717) is 24.5 Å². The van der Waals surface area contributed by atoms with Gasteiger partial charge in [0.1, 0.15) is 12.3 Å². The SMILES string of the molecule is COc1ccc2c(ccn2CC(=O)Nc2ccc(N3CCN(C)CC3)cc2C(F)(F)F)c1. The Bertz CT molecular complexity index is 1120. The zero-order chi connectivity index (χ0) is 22.9. The van der Waals surface area contributed by atoms with Gasteiger partial charge in [0.2, 0.25) is 5.91 Å². The molecule has 1 aliphatic heterocycles. The minimum atomic E-state index is -4.58. The summed E-state index contributed by atoms with van der Waals surface area (Å²) in [6, 6.07) is 11.3. The fourth-order valence-electron chi connectivity index (χ4n) is 3.92. The summed E-state index contributed by atoms with van der Waals surface area (Å²) in [6.45, 7) is 2.79. The Balaban J connectivity index is 1.53. The van der Waals surface area contributed by atoms with Crippen molar-refractivity contribution < 1.29 is 22.7 Å². The Morgan fingerprint density at radius 3 is 2.50 bits per heavy atom. The molecule has 1 aliphatic rings. The highest BCUT2D eigenvalue weighted by Crippen LogP contribution is 2.37. The molecule has 2 aromatic carbocycles. The lowest BCUT2D eigenvalue weighted by Gasteiger charge is -2.34. The molecule has 6 nitrogen and oxygen atoms in total. The van der Waals surface area contributed by atoms with E-state index in [1.54, 1.807) is 30.0 Å². The Morgan fingerprint density at radius 1 is 1.06 bits per heavy atom. The number of benzene rings is 2. The lowest BCUT2D eigenvalue weighted by molar-refractivity contribution is -0.136. The van der Waals surface area contributed by atoms with Crippen LogP contribution < -0.4 is 15.0 Å². The van der Waals surface area contributed by atoms with Crippen molar-refractivity contribution in [3.8, 4) is 5.75 Å². The van der Waals surface area contributed by atoms with Crippen LogP contribution >= 0.6 is 0 Å². The van der Waals surface area contributed by atoms with Gasteiger partial charge in [-0.3, -0.25) is 4.79 Å². The van der Waals surface area contributed by atoms with Gasteiger partial charge in [-0.1, -0.05) is 0 Å². The summed E-state index contributed by atoms with van der Waals surface area (Å²) in [5.74, 6) is 0.158. The molecule has 4 rings (SSSR count). The molecule has 1 aromatic heterocycles. The molecular weight excluding hydrogens is 421 g/mol. The minimum Gasteiger partial charge on any atom is -0.497 e. The summed E-state index contributed by atoms with van der Waals surface area (Å²) in [5, 5.41) is 3.33. The summed E-state index contributed by atoms with van der Waals surface area (Å²) in [5.41, 5.74) is 0.221. The van der Waals surface area contributed by atoms with Crippen LogP contribution in [-0.4, -0.2) is 55.7 Å². The molecule has 0 unspecified atom stereocenters. The third kappa shape index (κ3) is 4.67. The lowest BCUT2D eigenvalue weighted by atomic mass is 10.1. The lowest BCUT2D eigenvalue weighted by Crippen LogP contribution is -2.44. The third-order valence-corrected chi connectivity index (χ3v) is 5.74. The van der Waals surface area contributed by atoms with E-state index in [4.69, 9.17) is 4.74 Å². The first-order valence-corrected chi connectivity index (χ1v) is 10.3. The van der Waals surface area contributed by atoms with Crippen LogP contribution in [0.2, 0.25) is 0 Å². The number of nitrogens with zero attached hydrogens (tertiary/aromatic N) is 3. The number of hydrogen-bond donors (Lipinski definition) is 1. The van der Waals surface area contributed by atoms with Gasteiger partial charge in [-0.25, -0.2) is 0 Å². The molecule has 2 heterocycles. The van der Waals surface area contributed by atoms with Gasteiger partial charge >= 0.3 is 6.18 Å². The van der Waals surface area contributed by atoms with Crippen molar-refractivity contribution in [2.45, 2.75) is 12.7 Å². The van der Waals surface area contributed by atoms with Crippen molar-refractivity contribution >= 4 is 28.2 Å². The number of amides is 1. The zero-order valence-electron chi connectivity index (χ0n) is 17.9. The van der Waals surface area contributed by atoms with Gasteiger partial charge in [0.25, 0.3) is 0 Å². The number of carbonyl (C=O) groups excluding carboxylic acids is 1. The van der Waals surface area contributed by atoms with E-state index in [1.807, 2.05) is 30.1 Å². The van der Waals surface area contributed by atoms with Crippen LogP contribution in [0.5, 0.6) is 5.75 Å². The molecule has 0 spiro atoms. The highest BCUT2D eigenvalue weighted by molar-refractivity contribution is 5.93. The number of piperazine rings is 1. The summed E-state index contributed by atoms with van der Waals surface area (Å²) in [4.78, 5) is 16.7. The molecule has 32 heavy (non-hydrogen) atoms. The number of fused-ring (bicyclic) bond motifs is 1. The van der Waals surface area contributed by atoms with E-state index in [9.17, 15) is 18.0 Å². The molecule has 9 heteroatoms. The number of aromatic nitrogens is 1. The Hall–Kier alpha value is -3.20. The maximum Gasteiger partial charge on any atom is 0.418 e. The summed E-state index contributed by atoms with van der Waals surface area (Å²) < 4.78 is 48.2. The van der Waals surface area contributed by atoms with Crippen LogP contribution in [0.15, 0.2) is 48.7 Å². The number of anilines is 2. The Kier molecular flexibility index (Phi) is 6.01. The number of methoxy groups -OCH3 is 1. The smallest absolute Gasteiger partial charge is 0.418 e. The maximum absolute atomic E-state index is 13.8. The second kappa shape index (κ2) is 8.74. The number of ether oxygens (including phenoxy) is 1. The van der Waals surface area contributed by atoms with E-state index >= 15 is 0 Å². The fourth-order valence-corrected chi connectivity index (χ4v) is 3.92. The van der Waals surface area contributed by atoms with Gasteiger partial charge in [-0.2, -0.15) is 13.2 Å². The van der Waals surface area contributed by atoms with Crippen molar-refractivity contribution in [1.29, 1.82) is 0 Å². The Morgan fingerprint density at radius 2 is 1.81 bits per heavy atom. The molecule has 1 N–H and O–H groups in total. The number of hydrogen-bond acceptors (Lipinski definition) is 4. The number of rotatable bonds is 5. The number of carbonyl (C=O) groups is 1. The van der Waals surface area contributed by atoms with E-state index in [1.165, 1.54) is 6.07 Å². The van der Waals surface area contributed by atoms with Crippen molar-refractivity contribution in [3.05, 3.63) is 54.2 Å². The van der Waals surface area contributed by atoms with E-state index in [2.05, 4.69) is 10.2 Å². The molecule has 1 fully saturated rings. The van der Waals surface area contributed by atoms with Crippen molar-refractivity contribution in [2.75, 3.05) is 50.6 Å². The third-order valence-electron chi connectivity index (χ3n) is 5.74. The molecule has 0 radical (unpaired) electrons. The largest absolute Gasteiger partial charge is 0.497 e. The highest BCUT2D eigenvalue weighted by atomic mass is 19.4. The standard InChI is InChI=1S/C23H25F3N4O2/c1-28-9-11-29(12-10-28)17-3-5-20(19(14-17)23(24,25)26)27-22(31)15-30-8-7-16-13-18(32-2)4-6-21(16)30/h3-8,13-14H,9-12,15H2,1-2H3,(H,27,31). The van der Waals surface area contributed by atoms with Gasteiger partial charge in [0.15, 0.2) is 0 Å². The van der Waals surface area contributed by atoms with Crippen LogP contribution in [0.25, 0.3) is 10.9 Å². The molecule has 1 saturated heterocycles. The molecule has 1 amide bonds. The number of nitrogens with one attached hydrogen (secondary N) is 1. The highest BCUT2D eigenvalue weighted by Gasteiger charge is 2.35. The van der Waals surface area contributed by atoms with E-state index in [0.717, 1.165) is 30.1 Å². The monoisotopic (exact) mass is 446 g/mol. The zero-order valence-corrected chi connectivity index (χ0v) is 17.9. The minimum absolute atomic E-state index is 0.104. The normalized spacial score (nSPS) is 15.2. The van der Waals surface area contributed by atoms with Gasteiger partial charge < -0.3 is 24.4 Å². The first-order chi connectivity index (χ1) is 15.2. The van der Waals surface area contributed by atoms with Crippen molar-refractivity contribution in [2.24, 2.45) is 0 Å². The summed E-state index contributed by atoms with van der Waals surface area (Å²) >= 11 is 0. The van der Waals surface area contributed by atoms with Gasteiger partial charge in [0, 0.05) is 49.0 Å². The van der Waals surface area contributed by atoms with Crippen LogP contribution in [0.3, 0.4) is 0 Å². The molecular formula is C23H25F3N4O2. The maximum atomic E-state index is 13.8. The molecule has 0 saturated carbocycles. The average Bonchev–Trinajstić information content (AvgIpc) is 3.15. The number of halogens is 3. The average molecular weight is 446 g/mol. The first kappa shape index (κ1) is 22.0. The molecule has 0 bridgehead atoms. The van der Waals surface area contributed by atoms with Gasteiger partial charge in [-0.05, 0) is 49.5 Å². The first-order valence-electron chi connectivity index (χ1n) is 10.3. The van der Waals surface area contributed by atoms with Gasteiger partial charge in [-0.15, -0.1) is 0 Å². The molecule has 3 aromatic rings. The Labute approximate surface area is 184 Å². The van der Waals surface area contributed by atoms with Crippen molar-refractivity contribution in [1.82, 2.24) is 9.47 Å². The number of alkyl halides is 3. The second-order valence-electron chi connectivity index (χ2n) is 7.93. The summed E-state index contributed by atoms with van der Waals surface area (Å²) in [6.07, 6.45) is -2.85. The van der Waals surface area contributed by atoms with Crippen LogP contribution in [0.1, 0.15) is 5.56 Å². The van der Waals surface area contributed by atoms with Crippen LogP contribution in [0, 0.1) is 0 Å². The van der Waals surface area contributed by atoms with Crippen LogP contribution in [-0.2, 0) is 17.5 Å². The molecule has 0 aliphatic carbocycles. The number of likely N-dealkylation sites (N-methyl/N-ethyl adjacent to an activating group) is 1. The van der Waals surface area contributed by atoms with Gasteiger partial charge in [0.05, 0.1) is 18.4 Å². The topological polar surface area (TPSA) is 49.7 Å². The predicted octanol–water partition coefficient (Wildman–Crippen LogP) is 4.06. The second-order valence-corrected chi connectivity index (χ2v) is 7.93. The molecule has 170 valence electrons. The van der Waals surface area contributed by atoms with Crippen molar-refractivity contribution in [3.63, 3.8) is 0 Å². The molecule has 0 atom stereocenters. The predicted molar refractivity (Wildman–Crippen MR) is 118 cm³/mol. The van der Waals surface area contributed by atoms with E-state index in [-0.39, 0.29) is 12.2 Å².